The molecule has 1 aliphatic heterocycles. The molecule has 0 unspecified atom stereocenters. The number of ether oxygens (including phenoxy) is 3. The summed E-state index contributed by atoms with van der Waals surface area (Å²) >= 11 is 0. The van der Waals surface area contributed by atoms with Gasteiger partial charge in [-0.2, -0.15) is 0 Å². The Labute approximate surface area is 162 Å². The van der Waals surface area contributed by atoms with Gasteiger partial charge in [0.1, 0.15) is 23.1 Å². The van der Waals surface area contributed by atoms with Gasteiger partial charge in [-0.05, 0) is 48.7 Å². The van der Waals surface area contributed by atoms with Crippen molar-refractivity contribution < 1.29 is 27.8 Å². The molecule has 3 rings (SSSR count). The third kappa shape index (κ3) is 4.59. The SMILES string of the molecule is COc1ccc(OC)c([C@@H]2C[C@H](NC(C)=O)C[C@H](c3cc(F)cc(F)c3)O2)c1. The molecule has 0 radical (unpaired) electrons. The first-order chi connectivity index (χ1) is 13.4. The van der Waals surface area contributed by atoms with E-state index in [9.17, 15) is 13.6 Å². The van der Waals surface area contributed by atoms with Gasteiger partial charge in [-0.1, -0.05) is 0 Å². The molecule has 1 heterocycles. The summed E-state index contributed by atoms with van der Waals surface area (Å²) in [5.74, 6) is -0.271. The molecule has 1 fully saturated rings. The second-order valence-corrected chi connectivity index (χ2v) is 6.79. The van der Waals surface area contributed by atoms with Crippen molar-refractivity contribution in [1.82, 2.24) is 5.32 Å². The Bertz CT molecular complexity index is 838. The number of hydrogen-bond acceptors (Lipinski definition) is 4. The fourth-order valence-electron chi connectivity index (χ4n) is 3.59. The summed E-state index contributed by atoms with van der Waals surface area (Å²) in [5, 5.41) is 2.90. The van der Waals surface area contributed by atoms with Gasteiger partial charge in [-0.15, -0.1) is 0 Å². The smallest absolute Gasteiger partial charge is 0.217 e. The quantitative estimate of drug-likeness (QED) is 0.835. The molecular formula is C21H23F2NO4. The number of amides is 1. The first-order valence-corrected chi connectivity index (χ1v) is 9.00. The van der Waals surface area contributed by atoms with E-state index in [1.165, 1.54) is 19.1 Å². The average molecular weight is 391 g/mol. The van der Waals surface area contributed by atoms with Crippen molar-refractivity contribution in [3.05, 3.63) is 59.2 Å². The lowest BCUT2D eigenvalue weighted by atomic mass is 9.90. The Morgan fingerprint density at radius 2 is 1.71 bits per heavy atom. The van der Waals surface area contributed by atoms with Crippen LogP contribution in [-0.4, -0.2) is 26.2 Å². The van der Waals surface area contributed by atoms with Crippen molar-refractivity contribution in [1.29, 1.82) is 0 Å². The fraction of sp³-hybridized carbons (Fsp3) is 0.381. The topological polar surface area (TPSA) is 56.8 Å². The monoisotopic (exact) mass is 391 g/mol. The lowest BCUT2D eigenvalue weighted by Crippen LogP contribution is -2.39. The van der Waals surface area contributed by atoms with Gasteiger partial charge in [0.25, 0.3) is 0 Å². The maximum absolute atomic E-state index is 13.7. The molecule has 2 aromatic carbocycles. The first-order valence-electron chi connectivity index (χ1n) is 9.00. The maximum Gasteiger partial charge on any atom is 0.217 e. The van der Waals surface area contributed by atoms with Crippen LogP contribution < -0.4 is 14.8 Å². The van der Waals surface area contributed by atoms with Gasteiger partial charge in [0.05, 0.1) is 26.4 Å². The zero-order valence-corrected chi connectivity index (χ0v) is 16.0. The zero-order valence-electron chi connectivity index (χ0n) is 16.0. The Balaban J connectivity index is 1.97. The van der Waals surface area contributed by atoms with E-state index < -0.39 is 23.8 Å². The highest BCUT2D eigenvalue weighted by Gasteiger charge is 2.34. The van der Waals surface area contributed by atoms with Crippen molar-refractivity contribution in [2.24, 2.45) is 0 Å². The van der Waals surface area contributed by atoms with Crippen LogP contribution in [0.15, 0.2) is 36.4 Å². The predicted molar refractivity (Wildman–Crippen MR) is 99.3 cm³/mol. The van der Waals surface area contributed by atoms with E-state index >= 15 is 0 Å². The van der Waals surface area contributed by atoms with Crippen molar-refractivity contribution >= 4 is 5.91 Å². The lowest BCUT2D eigenvalue weighted by Gasteiger charge is -2.36. The summed E-state index contributed by atoms with van der Waals surface area (Å²) in [6.45, 7) is 1.44. The molecule has 0 bridgehead atoms. The molecule has 150 valence electrons. The molecule has 3 atom stereocenters. The Morgan fingerprint density at radius 3 is 2.32 bits per heavy atom. The van der Waals surface area contributed by atoms with E-state index in [4.69, 9.17) is 14.2 Å². The average Bonchev–Trinajstić information content (AvgIpc) is 2.66. The summed E-state index contributed by atoms with van der Waals surface area (Å²) in [4.78, 5) is 11.6. The molecule has 28 heavy (non-hydrogen) atoms. The minimum atomic E-state index is -0.671. The Kier molecular flexibility index (Phi) is 6.14. The Hall–Kier alpha value is -2.67. The number of hydrogen-bond donors (Lipinski definition) is 1. The second-order valence-electron chi connectivity index (χ2n) is 6.79. The number of carbonyl (C=O) groups is 1. The number of rotatable bonds is 5. The van der Waals surface area contributed by atoms with E-state index in [0.29, 0.717) is 29.9 Å². The third-order valence-electron chi connectivity index (χ3n) is 4.77. The van der Waals surface area contributed by atoms with Gasteiger partial charge in [-0.3, -0.25) is 4.79 Å². The summed E-state index contributed by atoms with van der Waals surface area (Å²) in [6, 6.07) is 8.46. The first kappa shape index (κ1) is 20.1. The summed E-state index contributed by atoms with van der Waals surface area (Å²) in [6.07, 6.45) is -0.133. The molecule has 2 aromatic rings. The van der Waals surface area contributed by atoms with Crippen molar-refractivity contribution in [2.45, 2.75) is 38.0 Å². The minimum absolute atomic E-state index is 0.174. The van der Waals surface area contributed by atoms with Crippen LogP contribution in [0.25, 0.3) is 0 Å². The lowest BCUT2D eigenvalue weighted by molar-refractivity contribution is -0.122. The van der Waals surface area contributed by atoms with Crippen molar-refractivity contribution in [2.75, 3.05) is 14.2 Å². The number of methoxy groups -OCH3 is 2. The van der Waals surface area contributed by atoms with E-state index in [0.717, 1.165) is 11.6 Å². The van der Waals surface area contributed by atoms with Crippen LogP contribution in [0.4, 0.5) is 8.78 Å². The molecule has 0 aromatic heterocycles. The van der Waals surface area contributed by atoms with Gasteiger partial charge in [-0.25, -0.2) is 8.78 Å². The van der Waals surface area contributed by atoms with E-state index in [-0.39, 0.29) is 11.9 Å². The molecular weight excluding hydrogens is 368 g/mol. The zero-order chi connectivity index (χ0) is 20.3. The Morgan fingerprint density at radius 1 is 1.04 bits per heavy atom. The molecule has 0 spiro atoms. The fourth-order valence-corrected chi connectivity index (χ4v) is 3.59. The highest BCUT2D eigenvalue weighted by molar-refractivity contribution is 5.73. The van der Waals surface area contributed by atoms with Crippen LogP contribution >= 0.6 is 0 Å². The number of carbonyl (C=O) groups excluding carboxylic acids is 1. The predicted octanol–water partition coefficient (Wildman–Crippen LogP) is 4.08. The maximum atomic E-state index is 13.7. The molecule has 1 amide bonds. The van der Waals surface area contributed by atoms with Gasteiger partial charge >= 0.3 is 0 Å². The van der Waals surface area contributed by atoms with E-state index in [1.807, 2.05) is 6.07 Å². The van der Waals surface area contributed by atoms with Crippen LogP contribution in [0, 0.1) is 11.6 Å². The molecule has 1 N–H and O–H groups in total. The number of halogens is 2. The normalized spacial score (nSPS) is 21.8. The van der Waals surface area contributed by atoms with Crippen LogP contribution in [-0.2, 0) is 9.53 Å². The highest BCUT2D eigenvalue weighted by atomic mass is 19.1. The highest BCUT2D eigenvalue weighted by Crippen LogP contribution is 2.42. The van der Waals surface area contributed by atoms with Crippen LogP contribution in [0.2, 0.25) is 0 Å². The standard InChI is InChI=1S/C21H23F2NO4/c1-12(25)24-16-9-20(13-6-14(22)8-15(23)7-13)28-21(10-16)18-11-17(26-2)4-5-19(18)27-3/h4-8,11,16,20-21H,9-10H2,1-3H3,(H,24,25)/t16-,20-,21+/m1/s1. The van der Waals surface area contributed by atoms with Crippen LogP contribution in [0.5, 0.6) is 11.5 Å². The molecule has 7 heteroatoms. The number of nitrogens with one attached hydrogen (secondary N) is 1. The number of benzene rings is 2. The summed E-state index contributed by atoms with van der Waals surface area (Å²) < 4.78 is 44.4. The van der Waals surface area contributed by atoms with Crippen LogP contribution in [0.3, 0.4) is 0 Å². The van der Waals surface area contributed by atoms with Crippen molar-refractivity contribution in [3.63, 3.8) is 0 Å². The molecule has 0 aliphatic carbocycles. The van der Waals surface area contributed by atoms with Gasteiger partial charge < -0.3 is 19.5 Å². The molecule has 1 aliphatic rings. The summed E-state index contributed by atoms with van der Waals surface area (Å²) in [5.41, 5.74) is 1.14. The van der Waals surface area contributed by atoms with Crippen molar-refractivity contribution in [3.8, 4) is 11.5 Å². The van der Waals surface area contributed by atoms with E-state index in [1.54, 1.807) is 26.4 Å². The molecule has 0 saturated carbocycles. The largest absolute Gasteiger partial charge is 0.497 e. The third-order valence-corrected chi connectivity index (χ3v) is 4.77. The van der Waals surface area contributed by atoms with E-state index in [2.05, 4.69) is 5.32 Å². The summed E-state index contributed by atoms with van der Waals surface area (Å²) in [7, 11) is 3.12. The van der Waals surface area contributed by atoms with Crippen LogP contribution in [0.1, 0.15) is 43.1 Å². The molecule has 5 nitrogen and oxygen atoms in total. The minimum Gasteiger partial charge on any atom is -0.497 e. The molecule has 1 saturated heterocycles. The van der Waals surface area contributed by atoms with Gasteiger partial charge in [0.2, 0.25) is 5.91 Å². The van der Waals surface area contributed by atoms with Gasteiger partial charge in [0.15, 0.2) is 0 Å². The van der Waals surface area contributed by atoms with Gasteiger partial charge in [0, 0.05) is 24.6 Å². The second kappa shape index (κ2) is 8.56.